The van der Waals surface area contributed by atoms with Crippen molar-refractivity contribution in [2.75, 3.05) is 13.1 Å². The number of hydrogen-bond acceptors (Lipinski definition) is 3. The van der Waals surface area contributed by atoms with Crippen molar-refractivity contribution < 1.29 is 9.21 Å². The highest BCUT2D eigenvalue weighted by Gasteiger charge is 2.60. The third kappa shape index (κ3) is 2.02. The van der Waals surface area contributed by atoms with Crippen LogP contribution in [0.4, 0.5) is 0 Å². The van der Waals surface area contributed by atoms with Gasteiger partial charge in [-0.05, 0) is 81.8 Å². The molecule has 3 nitrogen and oxygen atoms in total. The molecule has 6 rings (SSSR count). The van der Waals surface area contributed by atoms with Crippen LogP contribution in [0.3, 0.4) is 0 Å². The zero-order chi connectivity index (χ0) is 15.6. The summed E-state index contributed by atoms with van der Waals surface area (Å²) in [5, 5.41) is 1.04. The van der Waals surface area contributed by atoms with E-state index in [0.29, 0.717) is 17.2 Å². The van der Waals surface area contributed by atoms with Gasteiger partial charge in [0, 0.05) is 22.9 Å². The molecule has 3 aliphatic heterocycles. The molecule has 3 saturated heterocycles. The predicted octanol–water partition coefficient (Wildman–Crippen LogP) is 4.19. The first kappa shape index (κ1) is 13.8. The molecule has 1 spiro atoms. The molecule has 3 heteroatoms. The minimum Gasteiger partial charge on any atom is -0.461 e. The summed E-state index contributed by atoms with van der Waals surface area (Å²) in [5.74, 6) is 2.57. The van der Waals surface area contributed by atoms with E-state index in [1.165, 1.54) is 38.8 Å². The first-order chi connectivity index (χ1) is 11.2. The Bertz CT molecular complexity index is 778. The first-order valence-electron chi connectivity index (χ1n) is 8.94. The van der Waals surface area contributed by atoms with E-state index < -0.39 is 0 Å². The number of nitrogens with zero attached hydrogens (tertiary/aromatic N) is 1. The Balaban J connectivity index is 1.42. The Morgan fingerprint density at radius 1 is 1.26 bits per heavy atom. The monoisotopic (exact) mass is 309 g/mol. The summed E-state index contributed by atoms with van der Waals surface area (Å²) >= 11 is 0. The highest BCUT2D eigenvalue weighted by atomic mass is 16.3. The molecule has 23 heavy (non-hydrogen) atoms. The maximum atomic E-state index is 12.9. The lowest BCUT2D eigenvalue weighted by molar-refractivity contribution is -0.0274. The number of rotatable bonds is 3. The molecule has 0 radical (unpaired) electrons. The summed E-state index contributed by atoms with van der Waals surface area (Å²) in [5.41, 5.74) is 2.12. The van der Waals surface area contributed by atoms with Gasteiger partial charge in [0.25, 0.3) is 0 Å². The van der Waals surface area contributed by atoms with Crippen molar-refractivity contribution >= 4 is 16.8 Å². The first-order valence-corrected chi connectivity index (χ1v) is 8.94. The van der Waals surface area contributed by atoms with Crippen LogP contribution in [0.25, 0.3) is 11.0 Å². The molecule has 4 aliphatic rings. The number of fused-ring (bicyclic) bond motifs is 3. The summed E-state index contributed by atoms with van der Waals surface area (Å²) in [6.07, 6.45) is 5.92. The molecule has 1 aromatic heterocycles. The molecule has 2 bridgehead atoms. The quantitative estimate of drug-likeness (QED) is 0.797. The largest absolute Gasteiger partial charge is 0.461 e. The summed E-state index contributed by atoms with van der Waals surface area (Å²) < 4.78 is 5.62. The Kier molecular flexibility index (Phi) is 2.82. The molecule has 0 amide bonds. The molecule has 0 N–H and O–H groups in total. The average Bonchev–Trinajstić information content (AvgIpc) is 3.24. The lowest BCUT2D eigenvalue weighted by Crippen LogP contribution is -2.57. The van der Waals surface area contributed by atoms with Gasteiger partial charge in [0.15, 0.2) is 5.78 Å². The zero-order valence-electron chi connectivity index (χ0n) is 13.7. The number of ketones is 1. The highest BCUT2D eigenvalue weighted by Crippen LogP contribution is 2.58. The van der Waals surface area contributed by atoms with Crippen LogP contribution >= 0.6 is 0 Å². The smallest absolute Gasteiger partial charge is 0.163 e. The molecule has 1 aliphatic carbocycles. The standard InChI is InChI=1S/C20H23NO2/c1-13-10-16-11-15(2-3-19(16)23-13)18(22)12-17-14-4-8-21(9-5-14)20(17)6-7-20/h2-3,10-11,14,17H,4-9,12H2,1H3/t17-/m1/s1. The van der Waals surface area contributed by atoms with Crippen LogP contribution in [-0.4, -0.2) is 29.3 Å². The zero-order valence-corrected chi connectivity index (χ0v) is 13.7. The van der Waals surface area contributed by atoms with Crippen LogP contribution in [0.1, 0.15) is 48.2 Å². The van der Waals surface area contributed by atoms with Gasteiger partial charge in [-0.3, -0.25) is 9.69 Å². The second kappa shape index (κ2) is 4.70. The van der Waals surface area contributed by atoms with Crippen molar-refractivity contribution in [2.45, 2.75) is 44.6 Å². The van der Waals surface area contributed by atoms with E-state index in [-0.39, 0.29) is 0 Å². The van der Waals surface area contributed by atoms with Gasteiger partial charge in [-0.1, -0.05) is 0 Å². The topological polar surface area (TPSA) is 33.5 Å². The maximum Gasteiger partial charge on any atom is 0.163 e. The second-order valence-corrected chi connectivity index (χ2v) is 7.77. The van der Waals surface area contributed by atoms with E-state index in [1.54, 1.807) is 0 Å². The van der Waals surface area contributed by atoms with Gasteiger partial charge in [-0.2, -0.15) is 0 Å². The maximum absolute atomic E-state index is 12.9. The van der Waals surface area contributed by atoms with Crippen molar-refractivity contribution in [3.8, 4) is 0 Å². The number of aryl methyl sites for hydroxylation is 1. The summed E-state index contributed by atoms with van der Waals surface area (Å²) in [4.78, 5) is 15.6. The fourth-order valence-corrected chi connectivity index (χ4v) is 5.26. The lowest BCUT2D eigenvalue weighted by Gasteiger charge is -2.52. The van der Waals surface area contributed by atoms with Crippen molar-refractivity contribution in [2.24, 2.45) is 11.8 Å². The summed E-state index contributed by atoms with van der Waals surface area (Å²) in [6, 6.07) is 7.91. The highest BCUT2D eigenvalue weighted by molar-refractivity contribution is 5.99. The Labute approximate surface area is 136 Å². The number of Topliss-reactive ketones (excluding diaryl/α,β-unsaturated/α-hetero) is 1. The molecule has 2 aromatic rings. The number of carbonyl (C=O) groups excluding carboxylic acids is 1. The number of benzene rings is 1. The van der Waals surface area contributed by atoms with Crippen LogP contribution in [0.5, 0.6) is 0 Å². The average molecular weight is 309 g/mol. The lowest BCUT2D eigenvalue weighted by atomic mass is 9.69. The Morgan fingerprint density at radius 3 is 2.78 bits per heavy atom. The van der Waals surface area contributed by atoms with E-state index in [9.17, 15) is 4.79 Å². The molecule has 120 valence electrons. The summed E-state index contributed by atoms with van der Waals surface area (Å²) in [6.45, 7) is 4.47. The minimum absolute atomic E-state index is 0.316. The fraction of sp³-hybridized carbons (Fsp3) is 0.550. The third-order valence-corrected chi connectivity index (χ3v) is 6.56. The number of furan rings is 1. The number of piperidine rings is 3. The van der Waals surface area contributed by atoms with Crippen LogP contribution in [0.15, 0.2) is 28.7 Å². The molecule has 1 aromatic carbocycles. The van der Waals surface area contributed by atoms with Crippen molar-refractivity contribution in [3.63, 3.8) is 0 Å². The van der Waals surface area contributed by atoms with E-state index >= 15 is 0 Å². The van der Waals surface area contributed by atoms with Crippen LogP contribution in [0.2, 0.25) is 0 Å². The van der Waals surface area contributed by atoms with Crippen LogP contribution < -0.4 is 0 Å². The van der Waals surface area contributed by atoms with E-state index in [1.807, 2.05) is 31.2 Å². The van der Waals surface area contributed by atoms with Gasteiger partial charge in [-0.25, -0.2) is 0 Å². The van der Waals surface area contributed by atoms with Gasteiger partial charge >= 0.3 is 0 Å². The molecular weight excluding hydrogens is 286 g/mol. The van der Waals surface area contributed by atoms with Crippen LogP contribution in [0, 0.1) is 18.8 Å². The van der Waals surface area contributed by atoms with Crippen molar-refractivity contribution in [3.05, 3.63) is 35.6 Å². The second-order valence-electron chi connectivity index (χ2n) is 7.77. The third-order valence-electron chi connectivity index (χ3n) is 6.56. The number of hydrogen-bond donors (Lipinski definition) is 0. The van der Waals surface area contributed by atoms with Gasteiger partial charge < -0.3 is 4.42 Å². The Hall–Kier alpha value is -1.61. The van der Waals surface area contributed by atoms with Gasteiger partial charge in [0.2, 0.25) is 0 Å². The Morgan fingerprint density at radius 2 is 2.04 bits per heavy atom. The molecule has 4 heterocycles. The molecular formula is C20H23NO2. The van der Waals surface area contributed by atoms with Gasteiger partial charge in [0.1, 0.15) is 11.3 Å². The molecule has 1 saturated carbocycles. The number of carbonyl (C=O) groups is 1. The fourth-order valence-electron chi connectivity index (χ4n) is 5.26. The predicted molar refractivity (Wildman–Crippen MR) is 89.7 cm³/mol. The van der Waals surface area contributed by atoms with E-state index in [0.717, 1.165) is 34.6 Å². The molecule has 0 unspecified atom stereocenters. The van der Waals surface area contributed by atoms with Crippen molar-refractivity contribution in [1.29, 1.82) is 0 Å². The SMILES string of the molecule is Cc1cc2cc(C(=O)C[C@@H]3C4CCN(CC4)C34CC4)ccc2o1. The van der Waals surface area contributed by atoms with E-state index in [2.05, 4.69) is 4.90 Å². The summed E-state index contributed by atoms with van der Waals surface area (Å²) in [7, 11) is 0. The molecule has 4 fully saturated rings. The van der Waals surface area contributed by atoms with Crippen LogP contribution in [-0.2, 0) is 0 Å². The van der Waals surface area contributed by atoms with Gasteiger partial charge in [0.05, 0.1) is 0 Å². The normalized spacial score (nSPS) is 30.9. The van der Waals surface area contributed by atoms with Crippen molar-refractivity contribution in [1.82, 2.24) is 4.90 Å². The van der Waals surface area contributed by atoms with Gasteiger partial charge in [-0.15, -0.1) is 0 Å². The van der Waals surface area contributed by atoms with E-state index in [4.69, 9.17) is 4.42 Å². The minimum atomic E-state index is 0.316. The molecule has 1 atom stereocenters.